The number of aliphatic hydroxyl groups is 2. The topological polar surface area (TPSA) is 161 Å². The standard InChI is InChI=1S/C28H39N3O7/c1-7-26(4)12-19(38-25(36)31-23(35)16-10-17(29)24(37-6)30-13-16)27(5)14(2)8-9-28(15(3)22(26)34)11-18(32)20(33)21(27)28/h7,10,13-15,18-19,21-22,32,34H,1,8-9,11-12,29H2,2-6H3,(H,31,35,36)/t14-,15+,18+,19-,21+,22+,26-,27+,28+/m1/s1. The Bertz CT molecular complexity index is 1160. The minimum atomic E-state index is -1.14. The van der Waals surface area contributed by atoms with Gasteiger partial charge in [0, 0.05) is 22.9 Å². The van der Waals surface area contributed by atoms with Crippen molar-refractivity contribution in [2.75, 3.05) is 12.8 Å². The number of aromatic nitrogens is 1. The Labute approximate surface area is 223 Å². The largest absolute Gasteiger partial charge is 0.480 e. The van der Waals surface area contributed by atoms with Crippen molar-refractivity contribution in [2.45, 2.75) is 71.7 Å². The van der Waals surface area contributed by atoms with Crippen LogP contribution in [-0.4, -0.2) is 58.4 Å². The number of nitrogens with zero attached hydrogens (tertiary/aromatic N) is 1. The van der Waals surface area contributed by atoms with Gasteiger partial charge in [-0.15, -0.1) is 6.58 Å². The molecule has 10 nitrogen and oxygen atoms in total. The molecule has 3 fully saturated rings. The molecule has 1 heterocycles. The molecule has 3 aliphatic carbocycles. The van der Waals surface area contributed by atoms with Gasteiger partial charge in [0.2, 0.25) is 5.88 Å². The summed E-state index contributed by atoms with van der Waals surface area (Å²) in [4.78, 5) is 43.4. The molecule has 4 rings (SSSR count). The van der Waals surface area contributed by atoms with Crippen molar-refractivity contribution in [1.82, 2.24) is 10.3 Å². The second kappa shape index (κ2) is 9.64. The summed E-state index contributed by atoms with van der Waals surface area (Å²) in [6, 6.07) is 1.34. The third-order valence-electron chi connectivity index (χ3n) is 10.1. The van der Waals surface area contributed by atoms with Gasteiger partial charge >= 0.3 is 6.09 Å². The highest BCUT2D eigenvalue weighted by Gasteiger charge is 2.70. The molecule has 0 spiro atoms. The molecule has 2 amide bonds. The minimum Gasteiger partial charge on any atom is -0.480 e. The van der Waals surface area contributed by atoms with E-state index in [9.17, 15) is 24.6 Å². The Morgan fingerprint density at radius 2 is 1.95 bits per heavy atom. The first kappa shape index (κ1) is 28.0. The Morgan fingerprint density at radius 3 is 2.55 bits per heavy atom. The zero-order valence-electron chi connectivity index (χ0n) is 22.7. The molecule has 208 valence electrons. The lowest BCUT2D eigenvalue weighted by molar-refractivity contribution is -0.191. The van der Waals surface area contributed by atoms with Gasteiger partial charge in [0.25, 0.3) is 5.91 Å². The molecule has 0 saturated heterocycles. The van der Waals surface area contributed by atoms with Gasteiger partial charge in [0.15, 0.2) is 5.78 Å². The average Bonchev–Trinajstić information content (AvgIpc) is 3.15. The van der Waals surface area contributed by atoms with Crippen molar-refractivity contribution in [3.05, 3.63) is 30.5 Å². The summed E-state index contributed by atoms with van der Waals surface area (Å²) in [5, 5.41) is 24.6. The smallest absolute Gasteiger partial charge is 0.414 e. The van der Waals surface area contributed by atoms with E-state index in [0.717, 1.165) is 6.42 Å². The fraction of sp³-hybridized carbons (Fsp3) is 0.643. The van der Waals surface area contributed by atoms with Crippen molar-refractivity contribution in [1.29, 1.82) is 0 Å². The molecule has 1 aromatic rings. The average molecular weight is 530 g/mol. The van der Waals surface area contributed by atoms with Gasteiger partial charge in [-0.1, -0.05) is 33.8 Å². The number of alkyl carbamates (subject to hydrolysis) is 1. The van der Waals surface area contributed by atoms with Crippen LogP contribution in [0.2, 0.25) is 0 Å². The normalized spacial score (nSPS) is 40.3. The zero-order valence-corrected chi connectivity index (χ0v) is 22.7. The predicted molar refractivity (Wildman–Crippen MR) is 139 cm³/mol. The third kappa shape index (κ3) is 4.09. The third-order valence-corrected chi connectivity index (χ3v) is 10.1. The van der Waals surface area contributed by atoms with Gasteiger partial charge in [0.05, 0.1) is 24.5 Å². The van der Waals surface area contributed by atoms with Crippen LogP contribution in [-0.2, 0) is 9.53 Å². The lowest BCUT2D eigenvalue weighted by Crippen LogP contribution is -2.63. The number of aliphatic hydroxyl groups excluding tert-OH is 2. The summed E-state index contributed by atoms with van der Waals surface area (Å²) in [5.41, 5.74) is 3.67. The van der Waals surface area contributed by atoms with Crippen molar-refractivity contribution in [2.24, 2.45) is 34.0 Å². The fourth-order valence-electron chi connectivity index (χ4n) is 7.57. The van der Waals surface area contributed by atoms with Crippen LogP contribution in [0.25, 0.3) is 0 Å². The predicted octanol–water partition coefficient (Wildman–Crippen LogP) is 2.87. The lowest BCUT2D eigenvalue weighted by Gasteiger charge is -2.61. The lowest BCUT2D eigenvalue weighted by atomic mass is 9.44. The van der Waals surface area contributed by atoms with E-state index in [2.05, 4.69) is 16.9 Å². The summed E-state index contributed by atoms with van der Waals surface area (Å²) < 4.78 is 11.0. The first-order valence-corrected chi connectivity index (χ1v) is 13.1. The zero-order chi connectivity index (χ0) is 28.2. The van der Waals surface area contributed by atoms with Gasteiger partial charge in [0.1, 0.15) is 12.2 Å². The fourth-order valence-corrected chi connectivity index (χ4v) is 7.57. The number of Topliss-reactive ketones (excluding diaryl/α,β-unsaturated/α-hetero) is 1. The summed E-state index contributed by atoms with van der Waals surface area (Å²) in [6.07, 6.45) is 0.903. The molecule has 1 aromatic heterocycles. The highest BCUT2D eigenvalue weighted by molar-refractivity contribution is 6.03. The molecule has 3 aliphatic rings. The number of carbonyl (C=O) groups excluding carboxylic acids is 3. The van der Waals surface area contributed by atoms with Crippen LogP contribution < -0.4 is 15.8 Å². The first-order valence-electron chi connectivity index (χ1n) is 13.1. The van der Waals surface area contributed by atoms with Crippen LogP contribution in [0, 0.1) is 34.0 Å². The molecule has 10 heteroatoms. The molecule has 2 bridgehead atoms. The maximum Gasteiger partial charge on any atom is 0.414 e. The van der Waals surface area contributed by atoms with Gasteiger partial charge in [-0.3, -0.25) is 14.9 Å². The minimum absolute atomic E-state index is 0.0366. The number of hydrogen-bond donors (Lipinski definition) is 4. The molecule has 0 radical (unpaired) electrons. The van der Waals surface area contributed by atoms with E-state index in [-0.39, 0.29) is 47.6 Å². The van der Waals surface area contributed by atoms with E-state index in [0.29, 0.717) is 6.42 Å². The van der Waals surface area contributed by atoms with E-state index in [1.165, 1.54) is 19.4 Å². The van der Waals surface area contributed by atoms with Gasteiger partial charge in [-0.05, 0) is 49.0 Å². The Kier molecular flexibility index (Phi) is 7.12. The van der Waals surface area contributed by atoms with Crippen molar-refractivity contribution in [3.63, 3.8) is 0 Å². The van der Waals surface area contributed by atoms with Crippen LogP contribution in [0.3, 0.4) is 0 Å². The van der Waals surface area contributed by atoms with E-state index in [4.69, 9.17) is 15.2 Å². The summed E-state index contributed by atoms with van der Waals surface area (Å²) >= 11 is 0. The number of carbonyl (C=O) groups is 3. The number of amides is 2. The number of hydrogen-bond acceptors (Lipinski definition) is 9. The van der Waals surface area contributed by atoms with Crippen LogP contribution in [0.4, 0.5) is 10.5 Å². The van der Waals surface area contributed by atoms with E-state index < -0.39 is 52.5 Å². The summed E-state index contributed by atoms with van der Waals surface area (Å²) in [5.74, 6) is -1.83. The molecular formula is C28H39N3O7. The molecule has 0 aliphatic heterocycles. The van der Waals surface area contributed by atoms with Crippen molar-refractivity contribution >= 4 is 23.5 Å². The highest BCUT2D eigenvalue weighted by atomic mass is 16.6. The maximum absolute atomic E-state index is 13.5. The van der Waals surface area contributed by atoms with Gasteiger partial charge in [-0.2, -0.15) is 0 Å². The number of ether oxygens (including phenoxy) is 2. The van der Waals surface area contributed by atoms with E-state index >= 15 is 0 Å². The molecule has 9 atom stereocenters. The number of imide groups is 1. The number of nitrogens with one attached hydrogen (secondary N) is 1. The number of ketones is 1. The van der Waals surface area contributed by atoms with Crippen LogP contribution in [0.5, 0.6) is 5.88 Å². The SMILES string of the molecule is C=C[C@]1(C)C[C@@H](OC(=O)NC(=O)c2cnc(OC)c(N)c2)[C@]2(C)[C@H](C)CC[C@]3(C[C@H](O)C(=O)[C@H]32)[C@@H](C)[C@@H]1O. The van der Waals surface area contributed by atoms with Gasteiger partial charge < -0.3 is 25.4 Å². The summed E-state index contributed by atoms with van der Waals surface area (Å²) in [7, 11) is 1.40. The molecular weight excluding hydrogens is 490 g/mol. The number of methoxy groups -OCH3 is 1. The molecule has 0 aromatic carbocycles. The second-order valence-electron chi connectivity index (χ2n) is 11.9. The van der Waals surface area contributed by atoms with Gasteiger partial charge in [-0.25, -0.2) is 9.78 Å². The van der Waals surface area contributed by atoms with Crippen molar-refractivity contribution in [3.8, 4) is 5.88 Å². The molecule has 5 N–H and O–H groups in total. The highest BCUT2D eigenvalue weighted by Crippen LogP contribution is 2.68. The van der Waals surface area contributed by atoms with E-state index in [1.807, 2.05) is 27.7 Å². The van der Waals surface area contributed by atoms with Crippen LogP contribution >= 0.6 is 0 Å². The van der Waals surface area contributed by atoms with Crippen LogP contribution in [0.1, 0.15) is 63.7 Å². The number of anilines is 1. The van der Waals surface area contributed by atoms with E-state index in [1.54, 1.807) is 6.08 Å². The number of pyridine rings is 1. The number of rotatable bonds is 4. The first-order chi connectivity index (χ1) is 17.7. The Hall–Kier alpha value is -2.98. The number of nitrogen functional groups attached to an aromatic ring is 1. The number of nitrogens with two attached hydrogens (primary N) is 1. The molecule has 0 unspecified atom stereocenters. The monoisotopic (exact) mass is 529 g/mol. The van der Waals surface area contributed by atoms with Crippen molar-refractivity contribution < 1.29 is 34.1 Å². The summed E-state index contributed by atoms with van der Waals surface area (Å²) in [6.45, 7) is 11.7. The Balaban J connectivity index is 1.70. The van der Waals surface area contributed by atoms with Crippen LogP contribution in [0.15, 0.2) is 24.9 Å². The molecule has 38 heavy (non-hydrogen) atoms. The Morgan fingerprint density at radius 1 is 1.26 bits per heavy atom. The maximum atomic E-state index is 13.5. The quantitative estimate of drug-likeness (QED) is 0.430. The second-order valence-corrected chi connectivity index (χ2v) is 11.9. The molecule has 3 saturated carbocycles.